The van der Waals surface area contributed by atoms with E-state index in [-0.39, 0.29) is 0 Å². The highest BCUT2D eigenvalue weighted by Gasteiger charge is 1.98. The Balaban J connectivity index is 0.000000136. The van der Waals surface area contributed by atoms with Crippen molar-refractivity contribution < 1.29 is 0 Å². The van der Waals surface area contributed by atoms with Gasteiger partial charge in [-0.05, 0) is 43.3 Å². The summed E-state index contributed by atoms with van der Waals surface area (Å²) in [5.74, 6) is 0. The lowest BCUT2D eigenvalue weighted by Gasteiger charge is -2.01. The van der Waals surface area contributed by atoms with E-state index in [2.05, 4.69) is 9.97 Å². The van der Waals surface area contributed by atoms with Crippen molar-refractivity contribution in [1.29, 1.82) is 0 Å². The predicted octanol–water partition coefficient (Wildman–Crippen LogP) is 3.94. The Hall–Kier alpha value is -3.14. The van der Waals surface area contributed by atoms with Crippen molar-refractivity contribution in [3.8, 4) is 0 Å². The van der Waals surface area contributed by atoms with Crippen LogP contribution in [0.15, 0.2) is 66.9 Å². The summed E-state index contributed by atoms with van der Waals surface area (Å²) in [7, 11) is 0. The fourth-order valence-corrected chi connectivity index (χ4v) is 2.47. The zero-order valence-electron chi connectivity index (χ0n) is 12.9. The van der Waals surface area contributed by atoms with Crippen molar-refractivity contribution >= 4 is 33.2 Å². The third-order valence-electron chi connectivity index (χ3n) is 3.56. The van der Waals surface area contributed by atoms with Crippen molar-refractivity contribution in [2.24, 2.45) is 0 Å². The van der Waals surface area contributed by atoms with Crippen LogP contribution in [-0.4, -0.2) is 9.97 Å². The van der Waals surface area contributed by atoms with Crippen LogP contribution in [0.1, 0.15) is 5.69 Å². The van der Waals surface area contributed by atoms with Crippen LogP contribution in [0.3, 0.4) is 0 Å². The normalized spacial score (nSPS) is 10.3. The van der Waals surface area contributed by atoms with E-state index in [0.717, 1.165) is 38.9 Å². The minimum atomic E-state index is 0.788. The highest BCUT2D eigenvalue weighted by molar-refractivity contribution is 5.90. The number of para-hydroxylation sites is 1. The number of aryl methyl sites for hydroxylation is 1. The van der Waals surface area contributed by atoms with E-state index in [0.29, 0.717) is 0 Å². The monoisotopic (exact) mass is 302 g/mol. The standard InChI is InChI=1S/C10H10N2.C9H8N2/c1-7-6-9(11)8-4-2-3-5-10(8)12-7;10-8-4-1-5-9-7(8)3-2-6-11-9/h2-6H,1H3,(H2,11,12);1-6H,10H2. The van der Waals surface area contributed by atoms with Gasteiger partial charge in [0, 0.05) is 34.0 Å². The molecule has 0 fully saturated rings. The number of nitrogens with two attached hydrogens (primary N) is 2. The number of nitrogen functional groups attached to an aromatic ring is 2. The number of pyridine rings is 2. The molecule has 4 nitrogen and oxygen atoms in total. The fourth-order valence-electron chi connectivity index (χ4n) is 2.47. The first-order valence-corrected chi connectivity index (χ1v) is 7.36. The molecule has 0 amide bonds. The molecule has 0 bridgehead atoms. The van der Waals surface area contributed by atoms with E-state index in [4.69, 9.17) is 11.5 Å². The predicted molar refractivity (Wildman–Crippen MR) is 97.0 cm³/mol. The quantitative estimate of drug-likeness (QED) is 0.482. The highest BCUT2D eigenvalue weighted by Crippen LogP contribution is 2.19. The molecule has 2 heterocycles. The molecule has 0 atom stereocenters. The van der Waals surface area contributed by atoms with E-state index in [1.807, 2.05) is 67.6 Å². The van der Waals surface area contributed by atoms with Crippen LogP contribution in [0.25, 0.3) is 21.8 Å². The summed E-state index contributed by atoms with van der Waals surface area (Å²) in [4.78, 5) is 8.52. The van der Waals surface area contributed by atoms with Gasteiger partial charge in [-0.1, -0.05) is 24.3 Å². The number of fused-ring (bicyclic) bond motifs is 2. The molecule has 0 aliphatic heterocycles. The molecular formula is C19H18N4. The van der Waals surface area contributed by atoms with E-state index in [1.54, 1.807) is 6.20 Å². The lowest BCUT2D eigenvalue weighted by Crippen LogP contribution is -1.91. The number of benzene rings is 2. The van der Waals surface area contributed by atoms with Crippen LogP contribution < -0.4 is 11.5 Å². The summed E-state index contributed by atoms with van der Waals surface area (Å²) in [6.45, 7) is 1.95. The molecule has 4 N–H and O–H groups in total. The third kappa shape index (κ3) is 3.21. The highest BCUT2D eigenvalue weighted by atomic mass is 14.7. The first-order chi connectivity index (χ1) is 11.1. The molecule has 0 unspecified atom stereocenters. The van der Waals surface area contributed by atoms with Crippen molar-refractivity contribution in [2.45, 2.75) is 6.92 Å². The maximum Gasteiger partial charge on any atom is 0.0725 e. The Labute approximate surface area is 134 Å². The Morgan fingerprint density at radius 2 is 1.43 bits per heavy atom. The second-order valence-corrected chi connectivity index (χ2v) is 5.29. The number of nitrogens with zero attached hydrogens (tertiary/aromatic N) is 2. The average Bonchev–Trinajstić information content (AvgIpc) is 2.56. The molecule has 2 aromatic carbocycles. The van der Waals surface area contributed by atoms with Crippen molar-refractivity contribution in [1.82, 2.24) is 9.97 Å². The van der Waals surface area contributed by atoms with Crippen LogP contribution in [0.2, 0.25) is 0 Å². The SMILES string of the molecule is Cc1cc(N)c2ccccc2n1.Nc1cccc2ncccc12. The van der Waals surface area contributed by atoms with Crippen LogP contribution in [0, 0.1) is 6.92 Å². The van der Waals surface area contributed by atoms with Gasteiger partial charge in [0.15, 0.2) is 0 Å². The first-order valence-electron chi connectivity index (χ1n) is 7.36. The van der Waals surface area contributed by atoms with Gasteiger partial charge in [0.25, 0.3) is 0 Å². The van der Waals surface area contributed by atoms with Crippen LogP contribution >= 0.6 is 0 Å². The molecule has 4 rings (SSSR count). The van der Waals surface area contributed by atoms with E-state index in [1.165, 1.54) is 0 Å². The lowest BCUT2D eigenvalue weighted by atomic mass is 10.2. The maximum absolute atomic E-state index is 5.82. The molecule has 0 spiro atoms. The van der Waals surface area contributed by atoms with Crippen LogP contribution in [0.5, 0.6) is 0 Å². The average molecular weight is 302 g/mol. The first kappa shape index (κ1) is 14.8. The van der Waals surface area contributed by atoms with E-state index >= 15 is 0 Å². The summed E-state index contributed by atoms with van der Waals surface area (Å²) in [6.07, 6.45) is 1.77. The van der Waals surface area contributed by atoms with Crippen molar-refractivity contribution in [2.75, 3.05) is 11.5 Å². The largest absolute Gasteiger partial charge is 0.398 e. The summed E-state index contributed by atoms with van der Waals surface area (Å²) < 4.78 is 0. The van der Waals surface area contributed by atoms with Gasteiger partial charge in [-0.2, -0.15) is 0 Å². The van der Waals surface area contributed by atoms with Gasteiger partial charge in [-0.15, -0.1) is 0 Å². The Kier molecular flexibility index (Phi) is 4.06. The van der Waals surface area contributed by atoms with Crippen LogP contribution in [-0.2, 0) is 0 Å². The topological polar surface area (TPSA) is 77.8 Å². The van der Waals surface area contributed by atoms with Gasteiger partial charge in [0.2, 0.25) is 0 Å². The summed E-state index contributed by atoms with van der Waals surface area (Å²) in [5, 5.41) is 2.05. The Morgan fingerprint density at radius 1 is 0.739 bits per heavy atom. The van der Waals surface area contributed by atoms with Crippen LogP contribution in [0.4, 0.5) is 11.4 Å². The lowest BCUT2D eigenvalue weighted by molar-refractivity contribution is 1.26. The van der Waals surface area contributed by atoms with E-state index < -0.39 is 0 Å². The third-order valence-corrected chi connectivity index (χ3v) is 3.56. The van der Waals surface area contributed by atoms with Gasteiger partial charge < -0.3 is 11.5 Å². The smallest absolute Gasteiger partial charge is 0.0725 e. The number of hydrogen-bond acceptors (Lipinski definition) is 4. The number of hydrogen-bond donors (Lipinski definition) is 2. The minimum absolute atomic E-state index is 0.788. The van der Waals surface area contributed by atoms with Gasteiger partial charge in [-0.25, -0.2) is 0 Å². The summed E-state index contributed by atoms with van der Waals surface area (Å²) in [6, 6.07) is 19.4. The van der Waals surface area contributed by atoms with Gasteiger partial charge in [0.1, 0.15) is 0 Å². The summed E-state index contributed by atoms with van der Waals surface area (Å²) in [5.41, 5.74) is 16.0. The molecule has 0 aliphatic carbocycles. The molecule has 0 aliphatic rings. The molecule has 4 heteroatoms. The van der Waals surface area contributed by atoms with Crippen molar-refractivity contribution in [3.05, 3.63) is 72.6 Å². The zero-order chi connectivity index (χ0) is 16.2. The second-order valence-electron chi connectivity index (χ2n) is 5.29. The molecule has 0 radical (unpaired) electrons. The molecule has 114 valence electrons. The maximum atomic E-state index is 5.82. The van der Waals surface area contributed by atoms with Crippen molar-refractivity contribution in [3.63, 3.8) is 0 Å². The Morgan fingerprint density at radius 3 is 2.26 bits per heavy atom. The molecule has 23 heavy (non-hydrogen) atoms. The molecule has 0 saturated carbocycles. The number of anilines is 2. The second kappa shape index (κ2) is 6.32. The van der Waals surface area contributed by atoms with E-state index in [9.17, 15) is 0 Å². The molecule has 0 saturated heterocycles. The fraction of sp³-hybridized carbons (Fsp3) is 0.0526. The molecule has 2 aromatic heterocycles. The Bertz CT molecular complexity index is 958. The minimum Gasteiger partial charge on any atom is -0.398 e. The van der Waals surface area contributed by atoms with Gasteiger partial charge >= 0.3 is 0 Å². The number of rotatable bonds is 0. The summed E-state index contributed by atoms with van der Waals surface area (Å²) >= 11 is 0. The number of aromatic nitrogens is 2. The van der Waals surface area contributed by atoms with Gasteiger partial charge in [-0.3, -0.25) is 9.97 Å². The molecular weight excluding hydrogens is 284 g/mol. The zero-order valence-corrected chi connectivity index (χ0v) is 12.9. The van der Waals surface area contributed by atoms with Gasteiger partial charge in [0.05, 0.1) is 11.0 Å². The molecule has 4 aromatic rings.